The second-order valence-electron chi connectivity index (χ2n) is 7.50. The lowest BCUT2D eigenvalue weighted by Crippen LogP contribution is -2.27. The Kier molecular flexibility index (Phi) is 3.01. The van der Waals surface area contributed by atoms with Crippen molar-refractivity contribution in [3.8, 4) is 6.07 Å². The summed E-state index contributed by atoms with van der Waals surface area (Å²) in [5.74, 6) is 0.239. The topological polar surface area (TPSA) is 67.0 Å². The van der Waals surface area contributed by atoms with E-state index in [2.05, 4.69) is 30.3 Å². The number of hydrogen-bond acceptors (Lipinski definition) is 5. The van der Waals surface area contributed by atoms with E-state index in [0.717, 1.165) is 12.8 Å². The first kappa shape index (κ1) is 15.0. The van der Waals surface area contributed by atoms with E-state index in [-0.39, 0.29) is 24.3 Å². The van der Waals surface area contributed by atoms with Crippen LogP contribution >= 0.6 is 0 Å². The first-order chi connectivity index (χ1) is 13.3. The molecule has 6 rings (SSSR count). The fourth-order valence-corrected chi connectivity index (χ4v) is 4.74. The number of aliphatic imine (C=N–C) groups is 2. The summed E-state index contributed by atoms with van der Waals surface area (Å²) in [6.45, 7) is 0. The van der Waals surface area contributed by atoms with Crippen molar-refractivity contribution in [3.63, 3.8) is 0 Å². The van der Waals surface area contributed by atoms with Gasteiger partial charge in [0, 0.05) is 12.8 Å². The molecule has 0 saturated heterocycles. The molecular formula is C22H17N3O2. The second-order valence-corrected chi connectivity index (χ2v) is 7.50. The predicted octanol–water partition coefficient (Wildman–Crippen LogP) is 3.32. The number of fused-ring (bicyclic) bond motifs is 6. The summed E-state index contributed by atoms with van der Waals surface area (Å²) >= 11 is 0. The third-order valence-corrected chi connectivity index (χ3v) is 5.99. The summed E-state index contributed by atoms with van der Waals surface area (Å²) < 4.78 is 12.2. The number of nitriles is 1. The Balaban J connectivity index is 1.31. The molecule has 0 spiro atoms. The Morgan fingerprint density at radius 2 is 1.30 bits per heavy atom. The van der Waals surface area contributed by atoms with Gasteiger partial charge in [0.25, 0.3) is 0 Å². The Hall–Kier alpha value is -3.13. The minimum absolute atomic E-state index is 0.0181. The van der Waals surface area contributed by atoms with Crippen LogP contribution in [0.3, 0.4) is 0 Å². The molecule has 4 aliphatic rings. The smallest absolute Gasteiger partial charge is 0.211 e. The summed E-state index contributed by atoms with van der Waals surface area (Å²) in [4.78, 5) is 9.51. The highest BCUT2D eigenvalue weighted by Crippen LogP contribution is 2.43. The van der Waals surface area contributed by atoms with Gasteiger partial charge in [-0.15, -0.1) is 0 Å². The van der Waals surface area contributed by atoms with Crippen LogP contribution in [0.1, 0.15) is 34.3 Å². The summed E-state index contributed by atoms with van der Waals surface area (Å²) in [5, 5.41) is 9.79. The summed E-state index contributed by atoms with van der Waals surface area (Å²) in [7, 11) is 0. The molecule has 0 bridgehead atoms. The lowest BCUT2D eigenvalue weighted by Gasteiger charge is -2.14. The monoisotopic (exact) mass is 355 g/mol. The zero-order valence-corrected chi connectivity index (χ0v) is 14.6. The van der Waals surface area contributed by atoms with Crippen LogP contribution in [-0.2, 0) is 22.3 Å². The van der Waals surface area contributed by atoms with E-state index >= 15 is 0 Å². The molecule has 0 fully saturated rings. The fraction of sp³-hybridized carbons (Fsp3) is 0.318. The van der Waals surface area contributed by atoms with E-state index in [1.165, 1.54) is 22.3 Å². The molecule has 2 aliphatic heterocycles. The van der Waals surface area contributed by atoms with Crippen molar-refractivity contribution in [2.24, 2.45) is 15.9 Å². The van der Waals surface area contributed by atoms with Gasteiger partial charge in [0.1, 0.15) is 24.3 Å². The Morgan fingerprint density at radius 1 is 0.815 bits per heavy atom. The maximum absolute atomic E-state index is 9.79. The van der Waals surface area contributed by atoms with Crippen molar-refractivity contribution in [3.05, 3.63) is 70.8 Å². The normalized spacial score (nSPS) is 30.0. The number of rotatable bonds is 2. The van der Waals surface area contributed by atoms with Crippen molar-refractivity contribution >= 4 is 11.8 Å². The van der Waals surface area contributed by atoms with Crippen LogP contribution in [0, 0.1) is 17.2 Å². The lowest BCUT2D eigenvalue weighted by atomic mass is 10.1. The van der Waals surface area contributed by atoms with Crippen molar-refractivity contribution < 1.29 is 9.47 Å². The van der Waals surface area contributed by atoms with E-state index in [1.807, 2.05) is 24.3 Å². The molecule has 2 heterocycles. The molecule has 2 aliphatic carbocycles. The quantitative estimate of drug-likeness (QED) is 0.830. The molecule has 2 aromatic carbocycles. The van der Waals surface area contributed by atoms with Crippen molar-refractivity contribution in [1.82, 2.24) is 0 Å². The van der Waals surface area contributed by atoms with Crippen LogP contribution in [-0.4, -0.2) is 24.0 Å². The van der Waals surface area contributed by atoms with Gasteiger partial charge in [-0.1, -0.05) is 48.5 Å². The average molecular weight is 355 g/mol. The van der Waals surface area contributed by atoms with E-state index in [0.29, 0.717) is 11.8 Å². The van der Waals surface area contributed by atoms with Crippen LogP contribution in [0.4, 0.5) is 0 Å². The van der Waals surface area contributed by atoms with Gasteiger partial charge in [-0.05, 0) is 22.3 Å². The highest BCUT2D eigenvalue weighted by molar-refractivity contribution is 6.04. The lowest BCUT2D eigenvalue weighted by molar-refractivity contribution is 0.187. The molecule has 27 heavy (non-hydrogen) atoms. The van der Waals surface area contributed by atoms with Crippen molar-refractivity contribution in [2.75, 3.05) is 0 Å². The van der Waals surface area contributed by atoms with Gasteiger partial charge in [-0.3, -0.25) is 0 Å². The molecule has 0 aromatic heterocycles. The van der Waals surface area contributed by atoms with Crippen LogP contribution in [0.15, 0.2) is 58.5 Å². The third kappa shape index (κ3) is 2.10. The highest BCUT2D eigenvalue weighted by atomic mass is 16.5. The number of nitrogens with zero attached hydrogens (tertiary/aromatic N) is 3. The van der Waals surface area contributed by atoms with E-state index in [1.54, 1.807) is 0 Å². The molecule has 4 atom stereocenters. The zero-order valence-electron chi connectivity index (χ0n) is 14.6. The molecular weight excluding hydrogens is 338 g/mol. The van der Waals surface area contributed by atoms with Gasteiger partial charge < -0.3 is 9.47 Å². The van der Waals surface area contributed by atoms with Crippen LogP contribution in [0.5, 0.6) is 0 Å². The summed E-state index contributed by atoms with van der Waals surface area (Å²) in [6.07, 6.45) is 1.63. The Morgan fingerprint density at radius 3 is 1.78 bits per heavy atom. The van der Waals surface area contributed by atoms with Gasteiger partial charge in [0.05, 0.1) is 6.07 Å². The molecule has 0 N–H and O–H groups in total. The molecule has 2 aromatic rings. The largest absolute Gasteiger partial charge is 0.473 e. The molecule has 132 valence electrons. The van der Waals surface area contributed by atoms with E-state index < -0.39 is 5.92 Å². The fourth-order valence-electron chi connectivity index (χ4n) is 4.74. The van der Waals surface area contributed by atoms with Crippen LogP contribution in [0.2, 0.25) is 0 Å². The first-order valence-electron chi connectivity index (χ1n) is 9.36. The predicted molar refractivity (Wildman–Crippen MR) is 99.5 cm³/mol. The zero-order chi connectivity index (χ0) is 18.0. The molecule has 4 unspecified atom stereocenters. The highest BCUT2D eigenvalue weighted by Gasteiger charge is 2.46. The number of hydrogen-bond donors (Lipinski definition) is 0. The minimum atomic E-state index is -0.666. The van der Waals surface area contributed by atoms with Gasteiger partial charge >= 0.3 is 0 Å². The molecule has 0 radical (unpaired) electrons. The van der Waals surface area contributed by atoms with Crippen LogP contribution < -0.4 is 0 Å². The summed E-state index contributed by atoms with van der Waals surface area (Å²) in [6, 6.07) is 18.8. The Bertz CT molecular complexity index is 974. The number of ether oxygens (including phenoxy) is 2. The average Bonchev–Trinajstić information content (AvgIpc) is 3.41. The third-order valence-electron chi connectivity index (χ3n) is 5.99. The van der Waals surface area contributed by atoms with Crippen LogP contribution in [0.25, 0.3) is 0 Å². The van der Waals surface area contributed by atoms with E-state index in [9.17, 15) is 5.26 Å². The van der Waals surface area contributed by atoms with Gasteiger partial charge in [0.2, 0.25) is 11.8 Å². The Labute approximate surface area is 157 Å². The van der Waals surface area contributed by atoms with E-state index in [4.69, 9.17) is 19.5 Å². The van der Waals surface area contributed by atoms with Gasteiger partial charge in [-0.2, -0.15) is 5.26 Å². The number of benzene rings is 2. The molecule has 5 heteroatoms. The SMILES string of the molecule is N#CC(C1=NC2c3ccccc3CC2O1)C1=NC2c3ccccc3CC2O1. The maximum Gasteiger partial charge on any atom is 0.211 e. The molecule has 0 saturated carbocycles. The van der Waals surface area contributed by atoms with Gasteiger partial charge in [-0.25, -0.2) is 9.98 Å². The van der Waals surface area contributed by atoms with Crippen molar-refractivity contribution in [1.29, 1.82) is 5.26 Å². The molecule has 5 nitrogen and oxygen atoms in total. The first-order valence-corrected chi connectivity index (χ1v) is 9.36. The maximum atomic E-state index is 9.79. The van der Waals surface area contributed by atoms with Gasteiger partial charge in [0.15, 0.2) is 5.92 Å². The minimum Gasteiger partial charge on any atom is -0.473 e. The summed E-state index contributed by atoms with van der Waals surface area (Å²) in [5.41, 5.74) is 4.97. The second kappa shape index (κ2) is 5.43. The van der Waals surface area contributed by atoms with Crippen molar-refractivity contribution in [2.45, 2.75) is 37.1 Å². The standard InChI is InChI=1S/C22H17N3O2/c23-11-16(21-24-19-14-7-3-1-5-12(14)9-17(19)26-21)22-25-20-15-8-4-2-6-13(15)10-18(20)27-22/h1-8,16-20H,9-10H2. The molecule has 0 amide bonds.